The molecule has 0 bridgehead atoms. The van der Waals surface area contributed by atoms with Gasteiger partial charge in [0.2, 0.25) is 0 Å². The SMILES string of the molecule is CNC(=O)c1c(C)[nH]c(/C=C2\C(=O)Nc3cc(C(C)C)ccc32)c1C. The minimum absolute atomic E-state index is 0.121. The van der Waals surface area contributed by atoms with E-state index in [1.807, 2.05) is 32.1 Å². The predicted octanol–water partition coefficient (Wildman–Crippen LogP) is 3.61. The van der Waals surface area contributed by atoms with Gasteiger partial charge in [-0.05, 0) is 43.0 Å². The third-order valence-electron chi connectivity index (χ3n) is 4.71. The summed E-state index contributed by atoms with van der Waals surface area (Å²) >= 11 is 0. The highest BCUT2D eigenvalue weighted by Gasteiger charge is 2.26. The molecule has 0 fully saturated rings. The van der Waals surface area contributed by atoms with Crippen LogP contribution in [-0.4, -0.2) is 23.8 Å². The highest BCUT2D eigenvalue weighted by Crippen LogP contribution is 2.35. The van der Waals surface area contributed by atoms with Gasteiger partial charge in [0.15, 0.2) is 0 Å². The first-order valence-electron chi connectivity index (χ1n) is 8.42. The van der Waals surface area contributed by atoms with Gasteiger partial charge in [0.25, 0.3) is 11.8 Å². The molecule has 3 rings (SSSR count). The maximum atomic E-state index is 12.4. The Morgan fingerprint density at radius 3 is 2.60 bits per heavy atom. The Bertz CT molecular complexity index is 904. The van der Waals surface area contributed by atoms with Crippen LogP contribution in [0.5, 0.6) is 0 Å². The Labute approximate surface area is 147 Å². The van der Waals surface area contributed by atoms with Crippen molar-refractivity contribution in [2.75, 3.05) is 12.4 Å². The van der Waals surface area contributed by atoms with Crippen LogP contribution < -0.4 is 10.6 Å². The summed E-state index contributed by atoms with van der Waals surface area (Å²) in [5, 5.41) is 5.59. The summed E-state index contributed by atoms with van der Waals surface area (Å²) in [6, 6.07) is 6.07. The highest BCUT2D eigenvalue weighted by atomic mass is 16.2. The summed E-state index contributed by atoms with van der Waals surface area (Å²) in [5.41, 5.74) is 6.57. The number of hydrogen-bond donors (Lipinski definition) is 3. The molecule has 0 atom stereocenters. The van der Waals surface area contributed by atoms with E-state index in [0.29, 0.717) is 17.1 Å². The van der Waals surface area contributed by atoms with Gasteiger partial charge in [0.05, 0.1) is 11.1 Å². The zero-order chi connectivity index (χ0) is 18.3. The molecule has 1 aromatic heterocycles. The smallest absolute Gasteiger partial charge is 0.256 e. The molecule has 0 radical (unpaired) electrons. The van der Waals surface area contributed by atoms with Crippen molar-refractivity contribution in [1.82, 2.24) is 10.3 Å². The van der Waals surface area contributed by atoms with Gasteiger partial charge in [-0.1, -0.05) is 26.0 Å². The lowest BCUT2D eigenvalue weighted by Gasteiger charge is -2.07. The molecule has 5 nitrogen and oxygen atoms in total. The quantitative estimate of drug-likeness (QED) is 0.749. The van der Waals surface area contributed by atoms with Crippen LogP contribution in [0.15, 0.2) is 18.2 Å². The van der Waals surface area contributed by atoms with Crippen LogP contribution in [0.4, 0.5) is 5.69 Å². The van der Waals surface area contributed by atoms with Crippen molar-refractivity contribution in [3.63, 3.8) is 0 Å². The molecule has 5 heteroatoms. The molecule has 25 heavy (non-hydrogen) atoms. The van der Waals surface area contributed by atoms with E-state index >= 15 is 0 Å². The number of carbonyl (C=O) groups is 2. The standard InChI is InChI=1S/C20H23N3O2/c1-10(2)13-6-7-14-15(19(24)23-17(14)8-13)9-16-11(3)18(12(4)22-16)20(25)21-5/h6-10,22H,1-5H3,(H,21,25)(H,23,24)/b15-9-. The molecule has 0 spiro atoms. The van der Waals surface area contributed by atoms with Crippen molar-refractivity contribution in [3.8, 4) is 0 Å². The molecule has 2 amide bonds. The number of H-pyrrole nitrogens is 1. The van der Waals surface area contributed by atoms with Crippen LogP contribution in [0.2, 0.25) is 0 Å². The molecule has 2 heterocycles. The molecule has 1 aliphatic rings. The number of benzene rings is 1. The molecule has 2 aromatic rings. The fourth-order valence-corrected chi connectivity index (χ4v) is 3.24. The minimum atomic E-state index is -0.131. The molecular formula is C20H23N3O2. The largest absolute Gasteiger partial charge is 0.358 e. The highest BCUT2D eigenvalue weighted by molar-refractivity contribution is 6.35. The first-order chi connectivity index (χ1) is 11.8. The van der Waals surface area contributed by atoms with Crippen LogP contribution in [0.25, 0.3) is 11.6 Å². The number of anilines is 1. The number of aryl methyl sites for hydroxylation is 1. The number of fused-ring (bicyclic) bond motifs is 1. The van der Waals surface area contributed by atoms with Gasteiger partial charge in [-0.25, -0.2) is 0 Å². The number of aromatic amines is 1. The van der Waals surface area contributed by atoms with Gasteiger partial charge in [-0.15, -0.1) is 0 Å². The average molecular weight is 337 g/mol. The topological polar surface area (TPSA) is 74.0 Å². The van der Waals surface area contributed by atoms with Gasteiger partial charge in [-0.3, -0.25) is 9.59 Å². The number of amides is 2. The number of hydrogen-bond acceptors (Lipinski definition) is 2. The van der Waals surface area contributed by atoms with Gasteiger partial charge < -0.3 is 15.6 Å². The van der Waals surface area contributed by atoms with Crippen LogP contribution in [0.3, 0.4) is 0 Å². The third-order valence-corrected chi connectivity index (χ3v) is 4.71. The molecule has 0 saturated carbocycles. The van der Waals surface area contributed by atoms with Gasteiger partial charge in [0.1, 0.15) is 0 Å². The summed E-state index contributed by atoms with van der Waals surface area (Å²) < 4.78 is 0. The first-order valence-corrected chi connectivity index (χ1v) is 8.42. The van der Waals surface area contributed by atoms with E-state index in [1.54, 1.807) is 7.05 Å². The van der Waals surface area contributed by atoms with E-state index in [2.05, 4.69) is 35.5 Å². The Balaban J connectivity index is 2.07. The second kappa shape index (κ2) is 6.24. The van der Waals surface area contributed by atoms with E-state index in [1.165, 1.54) is 5.56 Å². The Morgan fingerprint density at radius 1 is 1.24 bits per heavy atom. The molecular weight excluding hydrogens is 314 g/mol. The lowest BCUT2D eigenvalue weighted by atomic mass is 9.98. The number of aromatic nitrogens is 1. The zero-order valence-electron chi connectivity index (χ0n) is 15.2. The number of carbonyl (C=O) groups excluding carboxylic acids is 2. The normalized spacial score (nSPS) is 14.8. The molecule has 0 aliphatic carbocycles. The summed E-state index contributed by atoms with van der Waals surface area (Å²) in [4.78, 5) is 27.7. The maximum Gasteiger partial charge on any atom is 0.256 e. The Kier molecular flexibility index (Phi) is 4.25. The fourth-order valence-electron chi connectivity index (χ4n) is 3.24. The predicted molar refractivity (Wildman–Crippen MR) is 101 cm³/mol. The van der Waals surface area contributed by atoms with E-state index < -0.39 is 0 Å². The van der Waals surface area contributed by atoms with Crippen LogP contribution in [0, 0.1) is 13.8 Å². The van der Waals surface area contributed by atoms with E-state index in [9.17, 15) is 9.59 Å². The van der Waals surface area contributed by atoms with Crippen LogP contribution >= 0.6 is 0 Å². The maximum absolute atomic E-state index is 12.4. The first kappa shape index (κ1) is 17.0. The monoisotopic (exact) mass is 337 g/mol. The van der Waals surface area contributed by atoms with E-state index in [4.69, 9.17) is 0 Å². The Hall–Kier alpha value is -2.82. The molecule has 1 aromatic carbocycles. The van der Waals surface area contributed by atoms with Crippen molar-refractivity contribution in [3.05, 3.63) is 51.8 Å². The van der Waals surface area contributed by atoms with Crippen molar-refractivity contribution in [2.24, 2.45) is 0 Å². The summed E-state index contributed by atoms with van der Waals surface area (Å²) in [6.07, 6.45) is 1.82. The van der Waals surface area contributed by atoms with E-state index in [-0.39, 0.29) is 11.8 Å². The lowest BCUT2D eigenvalue weighted by molar-refractivity contribution is -0.110. The summed E-state index contributed by atoms with van der Waals surface area (Å²) in [6.45, 7) is 7.99. The minimum Gasteiger partial charge on any atom is -0.358 e. The van der Waals surface area contributed by atoms with Crippen molar-refractivity contribution < 1.29 is 9.59 Å². The number of rotatable bonds is 3. The van der Waals surface area contributed by atoms with Crippen molar-refractivity contribution in [1.29, 1.82) is 0 Å². The van der Waals surface area contributed by atoms with Gasteiger partial charge in [-0.2, -0.15) is 0 Å². The number of nitrogens with one attached hydrogen (secondary N) is 3. The molecule has 3 N–H and O–H groups in total. The van der Waals surface area contributed by atoms with Crippen LogP contribution in [0.1, 0.15) is 58.2 Å². The third kappa shape index (κ3) is 2.86. The van der Waals surface area contributed by atoms with Gasteiger partial charge in [0, 0.05) is 29.7 Å². The zero-order valence-corrected chi connectivity index (χ0v) is 15.2. The van der Waals surface area contributed by atoms with Crippen LogP contribution in [-0.2, 0) is 4.79 Å². The summed E-state index contributed by atoms with van der Waals surface area (Å²) in [7, 11) is 1.61. The molecule has 130 valence electrons. The second-order valence-electron chi connectivity index (χ2n) is 6.71. The molecule has 0 unspecified atom stereocenters. The second-order valence-corrected chi connectivity index (χ2v) is 6.71. The van der Waals surface area contributed by atoms with E-state index in [0.717, 1.165) is 28.2 Å². The molecule has 1 aliphatic heterocycles. The van der Waals surface area contributed by atoms with Crippen molar-refractivity contribution in [2.45, 2.75) is 33.6 Å². The Morgan fingerprint density at radius 2 is 1.96 bits per heavy atom. The molecule has 0 saturated heterocycles. The average Bonchev–Trinajstić information content (AvgIpc) is 3.03. The fraction of sp³-hybridized carbons (Fsp3) is 0.300. The van der Waals surface area contributed by atoms with Crippen molar-refractivity contribution >= 4 is 29.2 Å². The summed E-state index contributed by atoms with van der Waals surface area (Å²) in [5.74, 6) is 0.149. The lowest BCUT2D eigenvalue weighted by Crippen LogP contribution is -2.19. The van der Waals surface area contributed by atoms with Gasteiger partial charge >= 0.3 is 0 Å².